The van der Waals surface area contributed by atoms with Crippen molar-refractivity contribution in [2.75, 3.05) is 14.1 Å². The van der Waals surface area contributed by atoms with Crippen LogP contribution in [0.1, 0.15) is 34.8 Å². The molecule has 1 aliphatic carbocycles. The van der Waals surface area contributed by atoms with Crippen LogP contribution in [0.5, 0.6) is 0 Å². The van der Waals surface area contributed by atoms with Crippen LogP contribution in [0.3, 0.4) is 0 Å². The highest BCUT2D eigenvalue weighted by molar-refractivity contribution is 7.71. The van der Waals surface area contributed by atoms with Gasteiger partial charge in [0.15, 0.2) is 4.77 Å². The molecule has 0 spiro atoms. The van der Waals surface area contributed by atoms with Gasteiger partial charge in [0.05, 0.1) is 6.67 Å². The zero-order valence-electron chi connectivity index (χ0n) is 13.4. The Bertz CT molecular complexity index is 745. The molecule has 1 N–H and O–H groups in total. The van der Waals surface area contributed by atoms with E-state index in [-0.39, 0.29) is 5.91 Å². The quantitative estimate of drug-likeness (QED) is 0.825. The average Bonchev–Trinajstić information content (AvgIpc) is 3.33. The standard InChI is InChI=1S/C16H21N5OS/c1-17-15(22)13-5-3-12(4-6-13)9-19(2)11-21-16(23)20(10-18-21)14-7-8-14/h3-6,10,14H,7-9,11H2,1-2H3,(H,17,22). The van der Waals surface area contributed by atoms with Gasteiger partial charge in [-0.15, -0.1) is 0 Å². The van der Waals surface area contributed by atoms with E-state index in [9.17, 15) is 4.79 Å². The maximum Gasteiger partial charge on any atom is 0.251 e. The Hall–Kier alpha value is -1.99. The van der Waals surface area contributed by atoms with Gasteiger partial charge in [-0.05, 0) is 49.8 Å². The first-order valence-electron chi connectivity index (χ1n) is 7.72. The predicted octanol–water partition coefficient (Wildman–Crippen LogP) is 2.20. The van der Waals surface area contributed by atoms with Crippen molar-refractivity contribution in [3.8, 4) is 0 Å². The molecule has 0 atom stereocenters. The van der Waals surface area contributed by atoms with E-state index in [4.69, 9.17) is 12.2 Å². The Kier molecular flexibility index (Phi) is 4.58. The van der Waals surface area contributed by atoms with Crippen LogP contribution in [-0.4, -0.2) is 39.3 Å². The van der Waals surface area contributed by atoms with Gasteiger partial charge in [0.25, 0.3) is 5.91 Å². The number of carbonyl (C=O) groups excluding carboxylic acids is 1. The summed E-state index contributed by atoms with van der Waals surface area (Å²) < 4.78 is 4.72. The molecule has 0 unspecified atom stereocenters. The third-order valence-corrected chi connectivity index (χ3v) is 4.39. The number of rotatable bonds is 6. The molecule has 0 bridgehead atoms. The van der Waals surface area contributed by atoms with Crippen LogP contribution in [0.15, 0.2) is 30.6 Å². The number of amides is 1. The molecular formula is C16H21N5OS. The van der Waals surface area contributed by atoms with Gasteiger partial charge in [0.1, 0.15) is 6.33 Å². The van der Waals surface area contributed by atoms with E-state index in [1.165, 1.54) is 12.8 Å². The molecule has 122 valence electrons. The molecule has 0 radical (unpaired) electrons. The van der Waals surface area contributed by atoms with Gasteiger partial charge >= 0.3 is 0 Å². The lowest BCUT2D eigenvalue weighted by Crippen LogP contribution is -2.23. The van der Waals surface area contributed by atoms with E-state index < -0.39 is 0 Å². The third-order valence-electron chi connectivity index (χ3n) is 3.97. The molecule has 6 nitrogen and oxygen atoms in total. The second-order valence-corrected chi connectivity index (χ2v) is 6.35. The van der Waals surface area contributed by atoms with Crippen molar-refractivity contribution in [1.82, 2.24) is 24.6 Å². The summed E-state index contributed by atoms with van der Waals surface area (Å²) in [5.74, 6) is -0.0678. The molecule has 0 saturated heterocycles. The number of aromatic nitrogens is 3. The Morgan fingerprint density at radius 1 is 1.39 bits per heavy atom. The van der Waals surface area contributed by atoms with Gasteiger partial charge in [-0.3, -0.25) is 9.69 Å². The van der Waals surface area contributed by atoms with Gasteiger partial charge in [0.2, 0.25) is 0 Å². The van der Waals surface area contributed by atoms with E-state index in [2.05, 4.69) is 19.9 Å². The van der Waals surface area contributed by atoms with Crippen LogP contribution >= 0.6 is 12.2 Å². The Labute approximate surface area is 140 Å². The molecule has 1 saturated carbocycles. The normalized spacial score (nSPS) is 14.2. The number of nitrogens with zero attached hydrogens (tertiary/aromatic N) is 4. The van der Waals surface area contributed by atoms with Gasteiger partial charge in [-0.1, -0.05) is 12.1 Å². The molecule has 2 aromatic rings. The van der Waals surface area contributed by atoms with Crippen LogP contribution in [-0.2, 0) is 13.2 Å². The molecule has 1 amide bonds. The Balaban J connectivity index is 1.61. The van der Waals surface area contributed by atoms with Crippen molar-refractivity contribution in [2.45, 2.75) is 32.1 Å². The smallest absolute Gasteiger partial charge is 0.251 e. The molecular weight excluding hydrogens is 310 g/mol. The monoisotopic (exact) mass is 331 g/mol. The van der Waals surface area contributed by atoms with Gasteiger partial charge in [-0.25, -0.2) is 4.68 Å². The maximum atomic E-state index is 11.5. The minimum atomic E-state index is -0.0678. The minimum absolute atomic E-state index is 0.0678. The van der Waals surface area contributed by atoms with Crippen molar-refractivity contribution >= 4 is 18.1 Å². The third kappa shape index (κ3) is 3.68. The minimum Gasteiger partial charge on any atom is -0.355 e. The number of carbonyl (C=O) groups is 1. The summed E-state index contributed by atoms with van der Waals surface area (Å²) in [6.07, 6.45) is 4.24. The van der Waals surface area contributed by atoms with Crippen molar-refractivity contribution in [3.05, 3.63) is 46.5 Å². The van der Waals surface area contributed by atoms with Crippen molar-refractivity contribution in [1.29, 1.82) is 0 Å². The summed E-state index contributed by atoms with van der Waals surface area (Å²) in [6, 6.07) is 8.19. The van der Waals surface area contributed by atoms with E-state index >= 15 is 0 Å². The van der Waals surface area contributed by atoms with E-state index in [0.717, 1.165) is 16.9 Å². The van der Waals surface area contributed by atoms with Crippen LogP contribution in [0.4, 0.5) is 0 Å². The van der Waals surface area contributed by atoms with E-state index in [0.29, 0.717) is 18.3 Å². The molecule has 1 aromatic carbocycles. The predicted molar refractivity (Wildman–Crippen MR) is 90.6 cm³/mol. The second kappa shape index (κ2) is 6.64. The van der Waals surface area contributed by atoms with Crippen molar-refractivity contribution in [3.63, 3.8) is 0 Å². The second-order valence-electron chi connectivity index (χ2n) is 5.98. The van der Waals surface area contributed by atoms with Crippen LogP contribution in [0, 0.1) is 4.77 Å². The first-order chi connectivity index (χ1) is 11.1. The largest absolute Gasteiger partial charge is 0.355 e. The van der Waals surface area contributed by atoms with Crippen molar-refractivity contribution < 1.29 is 4.79 Å². The van der Waals surface area contributed by atoms with E-state index in [1.54, 1.807) is 7.05 Å². The molecule has 1 fully saturated rings. The first kappa shape index (κ1) is 15.9. The van der Waals surface area contributed by atoms with Crippen LogP contribution in [0.25, 0.3) is 0 Å². The summed E-state index contributed by atoms with van der Waals surface area (Å²) in [6.45, 7) is 1.42. The molecule has 1 aromatic heterocycles. The zero-order valence-corrected chi connectivity index (χ0v) is 14.2. The van der Waals surface area contributed by atoms with Crippen LogP contribution < -0.4 is 5.32 Å². The zero-order chi connectivity index (χ0) is 16.4. The average molecular weight is 331 g/mol. The lowest BCUT2D eigenvalue weighted by Gasteiger charge is -2.16. The molecule has 0 aliphatic heterocycles. The lowest BCUT2D eigenvalue weighted by atomic mass is 10.1. The van der Waals surface area contributed by atoms with E-state index in [1.807, 2.05) is 42.3 Å². The fraction of sp³-hybridized carbons (Fsp3) is 0.438. The topological polar surface area (TPSA) is 55.1 Å². The van der Waals surface area contributed by atoms with Crippen LogP contribution in [0.2, 0.25) is 0 Å². The molecule has 1 heterocycles. The Morgan fingerprint density at radius 2 is 2.09 bits per heavy atom. The Morgan fingerprint density at radius 3 is 2.70 bits per heavy atom. The fourth-order valence-corrected chi connectivity index (χ4v) is 2.85. The SMILES string of the molecule is CNC(=O)c1ccc(CN(C)Cn2ncn(C3CC3)c2=S)cc1. The summed E-state index contributed by atoms with van der Waals surface area (Å²) >= 11 is 5.48. The van der Waals surface area contributed by atoms with Gasteiger partial charge in [0, 0.05) is 25.2 Å². The highest BCUT2D eigenvalue weighted by atomic mass is 32.1. The lowest BCUT2D eigenvalue weighted by molar-refractivity contribution is 0.0963. The van der Waals surface area contributed by atoms with Crippen molar-refractivity contribution in [2.24, 2.45) is 0 Å². The fourth-order valence-electron chi connectivity index (χ4n) is 2.55. The highest BCUT2D eigenvalue weighted by Crippen LogP contribution is 2.34. The summed E-state index contributed by atoms with van der Waals surface area (Å²) in [4.78, 5) is 13.7. The number of nitrogens with one attached hydrogen (secondary N) is 1. The number of hydrogen-bond donors (Lipinski definition) is 1. The van der Waals surface area contributed by atoms with Gasteiger partial charge < -0.3 is 9.88 Å². The summed E-state index contributed by atoms with van der Waals surface area (Å²) in [5.41, 5.74) is 1.82. The maximum absolute atomic E-state index is 11.5. The van der Waals surface area contributed by atoms with Gasteiger partial charge in [-0.2, -0.15) is 5.10 Å². The molecule has 1 aliphatic rings. The summed E-state index contributed by atoms with van der Waals surface area (Å²) in [7, 11) is 3.67. The molecule has 23 heavy (non-hydrogen) atoms. The number of hydrogen-bond acceptors (Lipinski definition) is 4. The summed E-state index contributed by atoms with van der Waals surface area (Å²) in [5, 5.41) is 7.01. The molecule has 3 rings (SSSR count). The molecule has 7 heteroatoms. The highest BCUT2D eigenvalue weighted by Gasteiger charge is 2.25. The first-order valence-corrected chi connectivity index (χ1v) is 8.13. The number of benzene rings is 1.